The smallest absolute Gasteiger partial charge is 0.323 e. The molecule has 4 nitrogen and oxygen atoms in total. The van der Waals surface area contributed by atoms with E-state index in [0.717, 1.165) is 12.8 Å². The van der Waals surface area contributed by atoms with E-state index in [1.807, 2.05) is 0 Å². The number of carboxylic acids is 1. The summed E-state index contributed by atoms with van der Waals surface area (Å²) in [4.78, 5) is 23.7. The van der Waals surface area contributed by atoms with Crippen LogP contribution in [0.25, 0.3) is 0 Å². The van der Waals surface area contributed by atoms with Crippen molar-refractivity contribution in [1.29, 1.82) is 0 Å². The Kier molecular flexibility index (Phi) is 3.80. The Morgan fingerprint density at radius 3 is 1.83 bits per heavy atom. The fraction of sp³-hybridized carbons (Fsp3) is 0.857. The van der Waals surface area contributed by atoms with Gasteiger partial charge in [0, 0.05) is 0 Å². The van der Waals surface area contributed by atoms with Gasteiger partial charge in [-0.2, -0.15) is 0 Å². The van der Waals surface area contributed by atoms with Crippen molar-refractivity contribution in [3.05, 3.63) is 0 Å². The molecular weight excluding hydrogens is 232 g/mol. The van der Waals surface area contributed by atoms with Gasteiger partial charge in [-0.1, -0.05) is 13.8 Å². The molecule has 0 aliphatic heterocycles. The van der Waals surface area contributed by atoms with Crippen molar-refractivity contribution in [3.63, 3.8) is 0 Å². The van der Waals surface area contributed by atoms with E-state index in [9.17, 15) is 14.7 Å². The van der Waals surface area contributed by atoms with Gasteiger partial charge >= 0.3 is 11.9 Å². The predicted molar refractivity (Wildman–Crippen MR) is 68.2 cm³/mol. The predicted octanol–water partition coefficient (Wildman–Crippen LogP) is 3.00. The van der Waals surface area contributed by atoms with E-state index in [4.69, 9.17) is 4.74 Å². The second-order valence-electron chi connectivity index (χ2n) is 7.05. The van der Waals surface area contributed by atoms with Gasteiger partial charge in [0.15, 0.2) is 5.41 Å². The molecule has 104 valence electrons. The molecule has 1 aliphatic rings. The van der Waals surface area contributed by atoms with Crippen molar-refractivity contribution < 1.29 is 19.4 Å². The lowest BCUT2D eigenvalue weighted by Crippen LogP contribution is -2.47. The molecule has 0 saturated heterocycles. The van der Waals surface area contributed by atoms with Crippen LogP contribution in [0.2, 0.25) is 0 Å². The minimum absolute atomic E-state index is 0.112. The third-order valence-corrected chi connectivity index (χ3v) is 3.66. The van der Waals surface area contributed by atoms with Crippen LogP contribution in [0.1, 0.15) is 60.3 Å². The third kappa shape index (κ3) is 3.24. The maximum atomic E-state index is 12.2. The van der Waals surface area contributed by atoms with Crippen molar-refractivity contribution in [2.24, 2.45) is 10.8 Å². The van der Waals surface area contributed by atoms with Gasteiger partial charge in [0.2, 0.25) is 0 Å². The summed E-state index contributed by atoms with van der Waals surface area (Å²) in [5.41, 5.74) is -1.88. The van der Waals surface area contributed by atoms with Gasteiger partial charge in [0.1, 0.15) is 5.60 Å². The lowest BCUT2D eigenvalue weighted by Gasteiger charge is -2.40. The SMILES string of the molecule is CC1(C)CCC(C(=O)O)(C(=O)OC(C)(C)C)CC1. The summed E-state index contributed by atoms with van der Waals surface area (Å²) in [6.45, 7) is 9.48. The Balaban J connectivity index is 2.90. The van der Waals surface area contributed by atoms with Crippen molar-refractivity contribution in [2.75, 3.05) is 0 Å². The number of carbonyl (C=O) groups is 2. The molecular formula is C14H24O4. The number of aliphatic carboxylic acids is 1. The number of rotatable bonds is 2. The molecule has 0 unspecified atom stereocenters. The number of carbonyl (C=O) groups excluding carboxylic acids is 1. The molecule has 1 fully saturated rings. The molecule has 4 heteroatoms. The first-order chi connectivity index (χ1) is 7.99. The number of hydrogen-bond acceptors (Lipinski definition) is 3. The quantitative estimate of drug-likeness (QED) is 0.609. The summed E-state index contributed by atoms with van der Waals surface area (Å²) in [7, 11) is 0. The first kappa shape index (κ1) is 15.0. The number of esters is 1. The summed E-state index contributed by atoms with van der Waals surface area (Å²) in [6, 6.07) is 0. The topological polar surface area (TPSA) is 63.6 Å². The molecule has 0 amide bonds. The largest absolute Gasteiger partial charge is 0.480 e. The standard InChI is InChI=1S/C14H24O4/c1-12(2,3)18-11(17)14(10(15)16)8-6-13(4,5)7-9-14/h6-9H2,1-5H3,(H,15,16). The molecule has 0 aromatic carbocycles. The van der Waals surface area contributed by atoms with E-state index in [1.54, 1.807) is 20.8 Å². The Bertz CT molecular complexity index is 339. The van der Waals surface area contributed by atoms with Gasteiger partial charge in [-0.3, -0.25) is 9.59 Å². The van der Waals surface area contributed by atoms with E-state index in [-0.39, 0.29) is 5.41 Å². The van der Waals surface area contributed by atoms with E-state index < -0.39 is 23.0 Å². The minimum Gasteiger partial charge on any atom is -0.480 e. The fourth-order valence-corrected chi connectivity index (χ4v) is 2.23. The second-order valence-corrected chi connectivity index (χ2v) is 7.05. The van der Waals surface area contributed by atoms with Crippen molar-refractivity contribution >= 4 is 11.9 Å². The summed E-state index contributed by atoms with van der Waals surface area (Å²) in [5, 5.41) is 9.43. The highest BCUT2D eigenvalue weighted by atomic mass is 16.6. The molecule has 0 aromatic heterocycles. The zero-order valence-corrected chi connectivity index (χ0v) is 12.0. The molecule has 1 aliphatic carbocycles. The Morgan fingerprint density at radius 1 is 1.06 bits per heavy atom. The first-order valence-corrected chi connectivity index (χ1v) is 6.45. The van der Waals surface area contributed by atoms with E-state index in [2.05, 4.69) is 13.8 Å². The molecule has 0 aromatic rings. The van der Waals surface area contributed by atoms with Crippen LogP contribution < -0.4 is 0 Å². The molecule has 1 rings (SSSR count). The van der Waals surface area contributed by atoms with Crippen molar-refractivity contribution in [1.82, 2.24) is 0 Å². The monoisotopic (exact) mass is 256 g/mol. The van der Waals surface area contributed by atoms with Crippen molar-refractivity contribution in [3.8, 4) is 0 Å². The maximum Gasteiger partial charge on any atom is 0.323 e. The average Bonchev–Trinajstić information content (AvgIpc) is 2.14. The number of carboxylic acid groups (broad SMARTS) is 1. The average molecular weight is 256 g/mol. The minimum atomic E-state index is -1.34. The molecule has 0 bridgehead atoms. The Hall–Kier alpha value is -1.06. The third-order valence-electron chi connectivity index (χ3n) is 3.66. The second kappa shape index (κ2) is 4.56. The van der Waals surface area contributed by atoms with E-state index >= 15 is 0 Å². The number of ether oxygens (including phenoxy) is 1. The summed E-state index contributed by atoms with van der Waals surface area (Å²) < 4.78 is 5.29. The highest BCUT2D eigenvalue weighted by molar-refractivity contribution is 5.99. The summed E-state index contributed by atoms with van der Waals surface area (Å²) >= 11 is 0. The van der Waals surface area contributed by atoms with Gasteiger partial charge < -0.3 is 9.84 Å². The van der Waals surface area contributed by atoms with Crippen LogP contribution in [0.15, 0.2) is 0 Å². The zero-order valence-electron chi connectivity index (χ0n) is 12.0. The van der Waals surface area contributed by atoms with Crippen LogP contribution in [0.3, 0.4) is 0 Å². The molecule has 0 spiro atoms. The molecule has 0 heterocycles. The number of hydrogen-bond donors (Lipinski definition) is 1. The van der Waals surface area contributed by atoms with Gasteiger partial charge in [0.05, 0.1) is 0 Å². The normalized spacial score (nSPS) is 22.3. The van der Waals surface area contributed by atoms with Crippen molar-refractivity contribution in [2.45, 2.75) is 65.9 Å². The summed E-state index contributed by atoms with van der Waals surface area (Å²) in [5.74, 6) is -1.63. The summed E-state index contributed by atoms with van der Waals surface area (Å²) in [6.07, 6.45) is 2.20. The van der Waals surface area contributed by atoms with E-state index in [1.165, 1.54) is 0 Å². The van der Waals surface area contributed by atoms with E-state index in [0.29, 0.717) is 12.8 Å². The molecule has 1 N–H and O–H groups in total. The van der Waals surface area contributed by atoms with Gasteiger partial charge in [-0.05, 0) is 51.9 Å². The molecule has 0 atom stereocenters. The maximum absolute atomic E-state index is 12.2. The van der Waals surface area contributed by atoms with Gasteiger partial charge in [0.25, 0.3) is 0 Å². The fourth-order valence-electron chi connectivity index (χ4n) is 2.23. The highest BCUT2D eigenvalue weighted by Gasteiger charge is 2.52. The molecule has 1 saturated carbocycles. The van der Waals surface area contributed by atoms with Crippen LogP contribution in [-0.4, -0.2) is 22.6 Å². The first-order valence-electron chi connectivity index (χ1n) is 6.45. The molecule has 0 radical (unpaired) electrons. The van der Waals surface area contributed by atoms with Crippen LogP contribution in [0.4, 0.5) is 0 Å². The Labute approximate surface area is 109 Å². The van der Waals surface area contributed by atoms with Crippen LogP contribution in [-0.2, 0) is 14.3 Å². The lowest BCUT2D eigenvalue weighted by molar-refractivity contribution is -0.181. The van der Waals surface area contributed by atoms with Crippen LogP contribution in [0.5, 0.6) is 0 Å². The van der Waals surface area contributed by atoms with Gasteiger partial charge in [-0.15, -0.1) is 0 Å². The Morgan fingerprint density at radius 2 is 1.50 bits per heavy atom. The lowest BCUT2D eigenvalue weighted by atomic mass is 9.65. The van der Waals surface area contributed by atoms with Crippen LogP contribution in [0, 0.1) is 10.8 Å². The highest BCUT2D eigenvalue weighted by Crippen LogP contribution is 2.46. The van der Waals surface area contributed by atoms with Crippen LogP contribution >= 0.6 is 0 Å². The zero-order chi connectivity index (χ0) is 14.2. The molecule has 18 heavy (non-hydrogen) atoms. The van der Waals surface area contributed by atoms with Gasteiger partial charge in [-0.25, -0.2) is 0 Å².